The predicted octanol–water partition coefficient (Wildman–Crippen LogP) is 2.31. The molecule has 1 amide bonds. The maximum atomic E-state index is 11.9. The van der Waals surface area contributed by atoms with Crippen LogP contribution in [0.15, 0.2) is 30.3 Å². The number of nitrogens with two attached hydrogens (primary N) is 1. The van der Waals surface area contributed by atoms with Gasteiger partial charge in [-0.2, -0.15) is 0 Å². The van der Waals surface area contributed by atoms with Gasteiger partial charge in [-0.25, -0.2) is 4.79 Å². The molecule has 5 heteroatoms. The summed E-state index contributed by atoms with van der Waals surface area (Å²) in [6.45, 7) is 2.31. The first-order chi connectivity index (χ1) is 9.19. The maximum Gasteiger partial charge on any atom is 0.422 e. The van der Waals surface area contributed by atoms with Crippen LogP contribution in [0.5, 0.6) is 0 Å². The van der Waals surface area contributed by atoms with Crippen molar-refractivity contribution in [2.75, 3.05) is 18.0 Å². The van der Waals surface area contributed by atoms with Crippen LogP contribution in [-0.4, -0.2) is 25.2 Å². The Bertz CT molecular complexity index is 406. The van der Waals surface area contributed by atoms with Crippen LogP contribution in [0.4, 0.5) is 10.5 Å². The van der Waals surface area contributed by atoms with E-state index in [9.17, 15) is 9.59 Å². The van der Waals surface area contributed by atoms with E-state index in [0.717, 1.165) is 19.3 Å². The number of anilines is 1. The summed E-state index contributed by atoms with van der Waals surface area (Å²) < 4.78 is 4.67. The smallest absolute Gasteiger partial charge is 0.375 e. The molecular formula is C14H20N2O3. The van der Waals surface area contributed by atoms with E-state index in [-0.39, 0.29) is 6.54 Å². The normalized spacial score (nSPS) is 10.0. The van der Waals surface area contributed by atoms with Crippen LogP contribution in [0, 0.1) is 0 Å². The highest BCUT2D eigenvalue weighted by atomic mass is 16.6. The summed E-state index contributed by atoms with van der Waals surface area (Å²) in [6.07, 6.45) is 2.26. The summed E-state index contributed by atoms with van der Waals surface area (Å²) in [6, 6.07) is 9.14. The average Bonchev–Trinajstić information content (AvgIpc) is 2.44. The van der Waals surface area contributed by atoms with Crippen molar-refractivity contribution in [3.63, 3.8) is 0 Å². The molecule has 0 atom stereocenters. The Morgan fingerprint density at radius 2 is 1.89 bits per heavy atom. The second-order valence-corrected chi connectivity index (χ2v) is 4.14. The van der Waals surface area contributed by atoms with Crippen LogP contribution in [0.1, 0.15) is 26.2 Å². The van der Waals surface area contributed by atoms with E-state index in [2.05, 4.69) is 11.7 Å². The van der Waals surface area contributed by atoms with Crippen LogP contribution in [0.25, 0.3) is 0 Å². The van der Waals surface area contributed by atoms with Gasteiger partial charge in [0.05, 0.1) is 6.54 Å². The van der Waals surface area contributed by atoms with Crippen LogP contribution < -0.4 is 10.6 Å². The fourth-order valence-electron chi connectivity index (χ4n) is 1.65. The lowest BCUT2D eigenvalue weighted by molar-refractivity contribution is -0.135. The molecule has 0 aliphatic carbocycles. The molecule has 1 aromatic carbocycles. The molecule has 0 spiro atoms. The van der Waals surface area contributed by atoms with Gasteiger partial charge in [0.2, 0.25) is 0 Å². The van der Waals surface area contributed by atoms with E-state index in [4.69, 9.17) is 5.73 Å². The van der Waals surface area contributed by atoms with Gasteiger partial charge in [0, 0.05) is 12.2 Å². The van der Waals surface area contributed by atoms with Crippen molar-refractivity contribution >= 4 is 17.7 Å². The van der Waals surface area contributed by atoms with Crippen molar-refractivity contribution in [1.82, 2.24) is 0 Å². The Kier molecular flexibility index (Phi) is 6.60. The number of carbonyl (C=O) groups excluding carboxylic acids is 2. The summed E-state index contributed by atoms with van der Waals surface area (Å²) in [7, 11) is 0. The molecular weight excluding hydrogens is 244 g/mol. The number of esters is 1. The first kappa shape index (κ1) is 15.2. The van der Waals surface area contributed by atoms with Crippen molar-refractivity contribution in [1.29, 1.82) is 0 Å². The highest BCUT2D eigenvalue weighted by molar-refractivity contribution is 5.95. The lowest BCUT2D eigenvalue weighted by atomic mass is 10.2. The van der Waals surface area contributed by atoms with E-state index < -0.39 is 12.1 Å². The Balaban J connectivity index is 2.74. The molecule has 0 fully saturated rings. The molecule has 0 saturated carbocycles. The van der Waals surface area contributed by atoms with Gasteiger partial charge in [-0.15, -0.1) is 0 Å². The second kappa shape index (κ2) is 8.26. The quantitative estimate of drug-likeness (QED) is 0.486. The fraction of sp³-hybridized carbons (Fsp3) is 0.429. The minimum Gasteiger partial charge on any atom is -0.375 e. The topological polar surface area (TPSA) is 72.6 Å². The minimum absolute atomic E-state index is 0.302. The Labute approximate surface area is 113 Å². The van der Waals surface area contributed by atoms with Crippen molar-refractivity contribution in [3.8, 4) is 0 Å². The number of benzene rings is 1. The highest BCUT2D eigenvalue weighted by Crippen LogP contribution is 2.15. The first-order valence-corrected chi connectivity index (χ1v) is 6.46. The third-order valence-electron chi connectivity index (χ3n) is 2.64. The molecule has 1 aromatic rings. The van der Waals surface area contributed by atoms with E-state index in [1.54, 1.807) is 12.1 Å². The van der Waals surface area contributed by atoms with Crippen molar-refractivity contribution in [3.05, 3.63) is 30.3 Å². The summed E-state index contributed by atoms with van der Waals surface area (Å²) in [5, 5.41) is 0. The molecule has 5 nitrogen and oxygen atoms in total. The van der Waals surface area contributed by atoms with Gasteiger partial charge in [0.25, 0.3) is 0 Å². The van der Waals surface area contributed by atoms with Gasteiger partial charge in [-0.3, -0.25) is 9.69 Å². The number of para-hydroxylation sites is 1. The summed E-state index contributed by atoms with van der Waals surface area (Å²) >= 11 is 0. The van der Waals surface area contributed by atoms with Crippen LogP contribution in [0.3, 0.4) is 0 Å². The number of hydrogen-bond donors (Lipinski definition) is 1. The molecule has 0 heterocycles. The lowest BCUT2D eigenvalue weighted by Crippen LogP contribution is -2.35. The number of nitrogens with zero attached hydrogens (tertiary/aromatic N) is 1. The molecule has 19 heavy (non-hydrogen) atoms. The molecule has 0 saturated heterocycles. The predicted molar refractivity (Wildman–Crippen MR) is 73.9 cm³/mol. The first-order valence-electron chi connectivity index (χ1n) is 6.46. The van der Waals surface area contributed by atoms with Gasteiger partial charge in [-0.05, 0) is 18.6 Å². The lowest BCUT2D eigenvalue weighted by Gasteiger charge is -2.21. The number of ether oxygens (including phenoxy) is 1. The van der Waals surface area contributed by atoms with Crippen molar-refractivity contribution < 1.29 is 14.3 Å². The van der Waals surface area contributed by atoms with Gasteiger partial charge in [0.1, 0.15) is 0 Å². The van der Waals surface area contributed by atoms with E-state index in [0.29, 0.717) is 12.2 Å². The summed E-state index contributed by atoms with van der Waals surface area (Å²) in [5.41, 5.74) is 5.85. The van der Waals surface area contributed by atoms with Crippen LogP contribution in [-0.2, 0) is 9.53 Å². The number of unbranched alkanes of at least 4 members (excludes halogenated alkanes) is 2. The largest absolute Gasteiger partial charge is 0.422 e. The standard InChI is InChI=1S/C14H20N2O3/c1-2-3-7-10-16(12-8-5-4-6-9-12)14(18)19-13(17)11-15/h4-6,8-9H,2-3,7,10-11,15H2,1H3. The zero-order chi connectivity index (χ0) is 14.1. The molecule has 1 rings (SSSR count). The molecule has 0 aliphatic heterocycles. The van der Waals surface area contributed by atoms with Crippen molar-refractivity contribution in [2.45, 2.75) is 26.2 Å². The summed E-state index contributed by atoms with van der Waals surface area (Å²) in [5.74, 6) is -0.721. The molecule has 2 N–H and O–H groups in total. The molecule has 0 unspecified atom stereocenters. The number of hydrogen-bond acceptors (Lipinski definition) is 4. The Morgan fingerprint density at radius 3 is 2.47 bits per heavy atom. The van der Waals surface area contributed by atoms with E-state index >= 15 is 0 Å². The van der Waals surface area contributed by atoms with Gasteiger partial charge in [0.15, 0.2) is 0 Å². The Morgan fingerprint density at radius 1 is 1.21 bits per heavy atom. The van der Waals surface area contributed by atoms with E-state index in [1.807, 2.05) is 18.2 Å². The molecule has 0 aromatic heterocycles. The number of rotatable bonds is 6. The monoisotopic (exact) mass is 264 g/mol. The van der Waals surface area contributed by atoms with Crippen LogP contribution >= 0.6 is 0 Å². The molecule has 0 aliphatic rings. The zero-order valence-corrected chi connectivity index (χ0v) is 11.2. The molecule has 0 radical (unpaired) electrons. The average molecular weight is 264 g/mol. The van der Waals surface area contributed by atoms with Gasteiger partial charge in [-0.1, -0.05) is 38.0 Å². The second-order valence-electron chi connectivity index (χ2n) is 4.14. The Hall–Kier alpha value is -1.88. The van der Waals surface area contributed by atoms with Crippen LogP contribution in [0.2, 0.25) is 0 Å². The van der Waals surface area contributed by atoms with Gasteiger partial charge < -0.3 is 10.5 Å². The fourth-order valence-corrected chi connectivity index (χ4v) is 1.65. The zero-order valence-electron chi connectivity index (χ0n) is 11.2. The molecule has 0 bridgehead atoms. The highest BCUT2D eigenvalue weighted by Gasteiger charge is 2.19. The van der Waals surface area contributed by atoms with Crippen molar-refractivity contribution in [2.24, 2.45) is 5.73 Å². The number of amides is 1. The maximum absolute atomic E-state index is 11.9. The van der Waals surface area contributed by atoms with E-state index in [1.165, 1.54) is 4.90 Å². The third-order valence-corrected chi connectivity index (χ3v) is 2.64. The van der Waals surface area contributed by atoms with Gasteiger partial charge >= 0.3 is 12.1 Å². The third kappa shape index (κ3) is 5.09. The SMILES string of the molecule is CCCCCN(C(=O)OC(=O)CN)c1ccccc1. The minimum atomic E-state index is -0.721. The summed E-state index contributed by atoms with van der Waals surface area (Å²) in [4.78, 5) is 24.5. The molecule has 104 valence electrons. The number of carbonyl (C=O) groups is 2.